The molecule has 0 saturated carbocycles. The van der Waals surface area contributed by atoms with E-state index in [2.05, 4.69) is 31.7 Å². The lowest BCUT2D eigenvalue weighted by molar-refractivity contribution is -0.121. The van der Waals surface area contributed by atoms with Crippen LogP contribution in [0.15, 0.2) is 45.7 Å². The van der Waals surface area contributed by atoms with Crippen molar-refractivity contribution in [2.45, 2.75) is 19.9 Å². The van der Waals surface area contributed by atoms with Crippen LogP contribution in [-0.2, 0) is 11.3 Å². The Morgan fingerprint density at radius 2 is 1.92 bits per heavy atom. The fraction of sp³-hybridized carbons (Fsp3) is 0.294. The molecule has 2 amide bonds. The van der Waals surface area contributed by atoms with Crippen molar-refractivity contribution < 1.29 is 9.59 Å². The topological polar surface area (TPSA) is 93.1 Å². The summed E-state index contributed by atoms with van der Waals surface area (Å²) in [6.45, 7) is 2.47. The number of carbonyl (C=O) groups is 2. The van der Waals surface area contributed by atoms with Gasteiger partial charge in [0.15, 0.2) is 0 Å². The summed E-state index contributed by atoms with van der Waals surface area (Å²) in [5, 5.41) is 9.49. The molecule has 2 rings (SSSR count). The first-order chi connectivity index (χ1) is 12.0. The molecular weight excluding hydrogens is 388 g/mol. The van der Waals surface area contributed by atoms with Gasteiger partial charge in [-0.2, -0.15) is 5.10 Å². The van der Waals surface area contributed by atoms with Gasteiger partial charge in [0.25, 0.3) is 11.5 Å². The highest BCUT2D eigenvalue weighted by Crippen LogP contribution is 2.11. The summed E-state index contributed by atoms with van der Waals surface area (Å²) in [4.78, 5) is 35.4. The summed E-state index contributed by atoms with van der Waals surface area (Å²) in [6.07, 6.45) is 0.585. The third-order valence-corrected chi connectivity index (χ3v) is 3.83. The zero-order chi connectivity index (χ0) is 18.2. The number of rotatable bonds is 7. The molecule has 0 radical (unpaired) electrons. The molecule has 0 atom stereocenters. The van der Waals surface area contributed by atoms with Crippen molar-refractivity contribution in [2.75, 3.05) is 13.1 Å². The van der Waals surface area contributed by atoms with Gasteiger partial charge in [0, 0.05) is 29.2 Å². The van der Waals surface area contributed by atoms with Crippen LogP contribution in [0.4, 0.5) is 0 Å². The largest absolute Gasteiger partial charge is 0.354 e. The average molecular weight is 407 g/mol. The van der Waals surface area contributed by atoms with E-state index in [1.807, 2.05) is 6.07 Å². The average Bonchev–Trinajstić information content (AvgIpc) is 2.57. The van der Waals surface area contributed by atoms with Crippen LogP contribution in [0.3, 0.4) is 0 Å². The van der Waals surface area contributed by atoms with Gasteiger partial charge >= 0.3 is 0 Å². The number of hydrogen-bond acceptors (Lipinski definition) is 4. The molecule has 0 fully saturated rings. The van der Waals surface area contributed by atoms with Gasteiger partial charge in [-0.3, -0.25) is 14.4 Å². The van der Waals surface area contributed by atoms with Gasteiger partial charge in [-0.05, 0) is 37.6 Å². The Morgan fingerprint density at radius 1 is 1.16 bits per heavy atom. The number of carbonyl (C=O) groups excluding carboxylic acids is 2. The van der Waals surface area contributed by atoms with E-state index in [-0.39, 0.29) is 23.9 Å². The highest BCUT2D eigenvalue weighted by atomic mass is 79.9. The number of aromatic nitrogens is 2. The maximum Gasteiger partial charge on any atom is 0.267 e. The molecule has 0 bridgehead atoms. The monoisotopic (exact) mass is 406 g/mol. The molecule has 1 heterocycles. The number of nitrogens with one attached hydrogen (secondary N) is 2. The minimum atomic E-state index is -0.318. The van der Waals surface area contributed by atoms with Gasteiger partial charge < -0.3 is 10.6 Å². The first-order valence-corrected chi connectivity index (χ1v) is 8.60. The molecule has 1 aromatic heterocycles. The van der Waals surface area contributed by atoms with Crippen LogP contribution < -0.4 is 16.2 Å². The molecule has 0 aliphatic rings. The number of aryl methyl sites for hydroxylation is 1. The summed E-state index contributed by atoms with van der Waals surface area (Å²) in [5.74, 6) is -0.457. The van der Waals surface area contributed by atoms with Crippen molar-refractivity contribution in [1.82, 2.24) is 20.4 Å². The van der Waals surface area contributed by atoms with Gasteiger partial charge in [-0.15, -0.1) is 0 Å². The Kier molecular flexibility index (Phi) is 6.88. The van der Waals surface area contributed by atoms with E-state index in [4.69, 9.17) is 0 Å². The third-order valence-electron chi connectivity index (χ3n) is 3.34. The predicted octanol–water partition coefficient (Wildman–Crippen LogP) is 1.25. The molecule has 1 aromatic carbocycles. The highest BCUT2D eigenvalue weighted by molar-refractivity contribution is 9.10. The Balaban J connectivity index is 1.69. The number of amides is 2. The van der Waals surface area contributed by atoms with E-state index in [0.29, 0.717) is 30.8 Å². The van der Waals surface area contributed by atoms with E-state index in [1.165, 1.54) is 6.07 Å². The third kappa shape index (κ3) is 6.15. The predicted molar refractivity (Wildman–Crippen MR) is 97.3 cm³/mol. The van der Waals surface area contributed by atoms with Crippen molar-refractivity contribution in [2.24, 2.45) is 0 Å². The number of benzene rings is 1. The fourth-order valence-corrected chi connectivity index (χ4v) is 2.51. The maximum atomic E-state index is 11.9. The van der Waals surface area contributed by atoms with Crippen LogP contribution in [0.2, 0.25) is 0 Å². The quantitative estimate of drug-likeness (QED) is 0.676. The molecular formula is C17H19BrN4O3. The van der Waals surface area contributed by atoms with E-state index < -0.39 is 0 Å². The second-order valence-electron chi connectivity index (χ2n) is 5.44. The number of halogens is 1. The summed E-state index contributed by atoms with van der Waals surface area (Å²) >= 11 is 3.32. The minimum Gasteiger partial charge on any atom is -0.354 e. The second kappa shape index (κ2) is 9.12. The standard InChI is InChI=1S/C17H19BrN4O3/c1-12-6-7-16(24)22(21-12)11-15(23)19-8-3-9-20-17(25)13-4-2-5-14(18)10-13/h2,4-7,10H,3,8-9,11H2,1H3,(H,19,23)(H,20,25). The van der Waals surface area contributed by atoms with Crippen LogP contribution in [0, 0.1) is 6.92 Å². The zero-order valence-corrected chi connectivity index (χ0v) is 15.4. The molecule has 25 heavy (non-hydrogen) atoms. The number of nitrogens with zero attached hydrogens (tertiary/aromatic N) is 2. The van der Waals surface area contributed by atoms with E-state index in [9.17, 15) is 14.4 Å². The minimum absolute atomic E-state index is 0.120. The van der Waals surface area contributed by atoms with Crippen LogP contribution in [0.1, 0.15) is 22.5 Å². The van der Waals surface area contributed by atoms with Crippen LogP contribution in [-0.4, -0.2) is 34.7 Å². The zero-order valence-electron chi connectivity index (χ0n) is 13.8. The molecule has 2 N–H and O–H groups in total. The Morgan fingerprint density at radius 3 is 2.68 bits per heavy atom. The second-order valence-corrected chi connectivity index (χ2v) is 6.36. The van der Waals surface area contributed by atoms with Crippen LogP contribution >= 0.6 is 15.9 Å². The molecule has 7 nitrogen and oxygen atoms in total. The Hall–Kier alpha value is -2.48. The van der Waals surface area contributed by atoms with Crippen molar-refractivity contribution in [1.29, 1.82) is 0 Å². The number of hydrogen-bond donors (Lipinski definition) is 2. The van der Waals surface area contributed by atoms with Crippen LogP contribution in [0.25, 0.3) is 0 Å². The smallest absolute Gasteiger partial charge is 0.267 e. The van der Waals surface area contributed by atoms with Gasteiger partial charge in [0.1, 0.15) is 6.54 Å². The highest BCUT2D eigenvalue weighted by Gasteiger charge is 2.07. The Bertz CT molecular complexity index is 820. The first kappa shape index (κ1) is 18.9. The van der Waals surface area contributed by atoms with Gasteiger partial charge in [0.05, 0.1) is 5.69 Å². The summed E-state index contributed by atoms with van der Waals surface area (Å²) in [6, 6.07) is 10.1. The molecule has 0 spiro atoms. The summed E-state index contributed by atoms with van der Waals surface area (Å²) in [5.41, 5.74) is 0.924. The van der Waals surface area contributed by atoms with Gasteiger partial charge in [0.2, 0.25) is 5.91 Å². The summed E-state index contributed by atoms with van der Waals surface area (Å²) < 4.78 is 1.96. The molecule has 0 aliphatic carbocycles. The molecule has 0 saturated heterocycles. The molecule has 8 heteroatoms. The van der Waals surface area contributed by atoms with Crippen molar-refractivity contribution in [3.8, 4) is 0 Å². The van der Waals surface area contributed by atoms with E-state index >= 15 is 0 Å². The van der Waals surface area contributed by atoms with Crippen LogP contribution in [0.5, 0.6) is 0 Å². The Labute approximate surface area is 153 Å². The lowest BCUT2D eigenvalue weighted by Crippen LogP contribution is -2.35. The van der Waals surface area contributed by atoms with Crippen molar-refractivity contribution >= 4 is 27.7 Å². The molecule has 132 valence electrons. The lowest BCUT2D eigenvalue weighted by atomic mass is 10.2. The van der Waals surface area contributed by atoms with E-state index in [0.717, 1.165) is 9.15 Å². The summed E-state index contributed by atoms with van der Waals surface area (Å²) in [7, 11) is 0. The van der Waals surface area contributed by atoms with E-state index in [1.54, 1.807) is 31.2 Å². The van der Waals surface area contributed by atoms with Gasteiger partial charge in [-0.1, -0.05) is 22.0 Å². The first-order valence-electron chi connectivity index (χ1n) is 7.81. The van der Waals surface area contributed by atoms with Gasteiger partial charge in [-0.25, -0.2) is 4.68 Å². The van der Waals surface area contributed by atoms with Crippen molar-refractivity contribution in [3.63, 3.8) is 0 Å². The maximum absolute atomic E-state index is 11.9. The molecule has 0 unspecified atom stereocenters. The fourth-order valence-electron chi connectivity index (χ4n) is 2.11. The molecule has 2 aromatic rings. The lowest BCUT2D eigenvalue weighted by Gasteiger charge is -2.08. The SMILES string of the molecule is Cc1ccc(=O)n(CC(=O)NCCCNC(=O)c2cccc(Br)c2)n1. The molecule has 0 aliphatic heterocycles. The normalized spacial score (nSPS) is 10.3. The van der Waals surface area contributed by atoms with Crippen molar-refractivity contribution in [3.05, 3.63) is 62.5 Å².